The second-order valence-electron chi connectivity index (χ2n) is 4.78. The molecule has 0 saturated heterocycles. The number of aromatic nitrogens is 1. The first-order valence-electron chi connectivity index (χ1n) is 6.99. The zero-order valence-corrected chi connectivity index (χ0v) is 13.5. The van der Waals surface area contributed by atoms with Crippen LogP contribution in [0.15, 0.2) is 54.5 Å². The van der Waals surface area contributed by atoms with Crippen LogP contribution < -0.4 is 10.6 Å². The second-order valence-corrected chi connectivity index (χ2v) is 5.19. The van der Waals surface area contributed by atoms with E-state index >= 15 is 0 Å². The van der Waals surface area contributed by atoms with Gasteiger partial charge in [0.25, 0.3) is 11.6 Å². The highest BCUT2D eigenvalue weighted by Crippen LogP contribution is 2.26. The maximum atomic E-state index is 12.0. The van der Waals surface area contributed by atoms with Crippen molar-refractivity contribution >= 4 is 28.9 Å². The van der Waals surface area contributed by atoms with Crippen molar-refractivity contribution in [1.29, 1.82) is 5.26 Å². The van der Waals surface area contributed by atoms with Gasteiger partial charge in [-0.15, -0.1) is 0 Å². The molecule has 9 heteroatoms. The minimum absolute atomic E-state index is 0.167. The smallest absolute Gasteiger partial charge is 0.271 e. The maximum absolute atomic E-state index is 12.0. The van der Waals surface area contributed by atoms with Gasteiger partial charge in [-0.05, 0) is 17.7 Å². The lowest BCUT2D eigenvalue weighted by Gasteiger charge is -2.06. The summed E-state index contributed by atoms with van der Waals surface area (Å²) >= 11 is 5.94. The van der Waals surface area contributed by atoms with E-state index in [9.17, 15) is 14.9 Å². The van der Waals surface area contributed by atoms with E-state index in [2.05, 4.69) is 15.6 Å². The zero-order chi connectivity index (χ0) is 18.2. The number of rotatable bonds is 6. The highest BCUT2D eigenvalue weighted by Gasteiger charge is 2.11. The van der Waals surface area contributed by atoms with E-state index in [1.165, 1.54) is 18.2 Å². The first-order chi connectivity index (χ1) is 12.0. The highest BCUT2D eigenvalue weighted by atomic mass is 35.5. The van der Waals surface area contributed by atoms with E-state index in [0.29, 0.717) is 0 Å². The van der Waals surface area contributed by atoms with E-state index < -0.39 is 10.8 Å². The van der Waals surface area contributed by atoms with Crippen LogP contribution >= 0.6 is 11.6 Å². The third kappa shape index (κ3) is 5.02. The number of amides is 1. The number of anilines is 1. The summed E-state index contributed by atoms with van der Waals surface area (Å²) in [7, 11) is 0. The number of nitrogens with one attached hydrogen (secondary N) is 2. The van der Waals surface area contributed by atoms with Gasteiger partial charge in [0.05, 0.1) is 15.6 Å². The number of nitro groups is 1. The number of nitriles is 1. The van der Waals surface area contributed by atoms with Crippen LogP contribution in [0.2, 0.25) is 5.02 Å². The van der Waals surface area contributed by atoms with Crippen molar-refractivity contribution in [2.24, 2.45) is 0 Å². The quantitative estimate of drug-likeness (QED) is 0.355. The third-order valence-electron chi connectivity index (χ3n) is 3.07. The molecule has 1 amide bonds. The molecule has 0 aliphatic heterocycles. The second kappa shape index (κ2) is 8.42. The Hall–Kier alpha value is -3.44. The molecule has 0 saturated carbocycles. The molecule has 0 spiro atoms. The van der Waals surface area contributed by atoms with Crippen LogP contribution in [0.25, 0.3) is 0 Å². The van der Waals surface area contributed by atoms with E-state index in [1.807, 2.05) is 0 Å². The molecule has 1 heterocycles. The van der Waals surface area contributed by atoms with Crippen molar-refractivity contribution in [2.45, 2.75) is 6.54 Å². The first-order valence-corrected chi connectivity index (χ1v) is 7.37. The summed E-state index contributed by atoms with van der Waals surface area (Å²) in [5, 5.41) is 25.3. The van der Waals surface area contributed by atoms with Gasteiger partial charge in [0, 0.05) is 37.3 Å². The van der Waals surface area contributed by atoms with Gasteiger partial charge in [0.15, 0.2) is 0 Å². The molecule has 8 nitrogen and oxygen atoms in total. The number of carbonyl (C=O) groups is 1. The third-order valence-corrected chi connectivity index (χ3v) is 3.40. The van der Waals surface area contributed by atoms with Crippen LogP contribution in [0.4, 0.5) is 11.4 Å². The van der Waals surface area contributed by atoms with Crippen molar-refractivity contribution < 1.29 is 9.72 Å². The Bertz CT molecular complexity index is 862. The van der Waals surface area contributed by atoms with Crippen LogP contribution in [0.5, 0.6) is 0 Å². The number of hydrogen-bond acceptors (Lipinski definition) is 6. The van der Waals surface area contributed by atoms with Crippen LogP contribution in [-0.2, 0) is 11.3 Å². The topological polar surface area (TPSA) is 121 Å². The monoisotopic (exact) mass is 357 g/mol. The molecule has 0 bridgehead atoms. The van der Waals surface area contributed by atoms with Crippen LogP contribution in [0, 0.1) is 21.4 Å². The lowest BCUT2D eigenvalue weighted by molar-refractivity contribution is -0.384. The number of halogens is 1. The zero-order valence-electron chi connectivity index (χ0n) is 12.8. The number of non-ortho nitro benzene ring substituents is 1. The predicted octanol–water partition coefficient (Wildman–Crippen LogP) is 2.78. The molecule has 25 heavy (non-hydrogen) atoms. The molecule has 2 N–H and O–H groups in total. The SMILES string of the molecule is N#C/C(=C/Nc1cc([N+](=O)[O-])ccc1Cl)C(=O)NCc1cccnc1. The van der Waals surface area contributed by atoms with Crippen LogP contribution in [-0.4, -0.2) is 15.8 Å². The van der Waals surface area contributed by atoms with E-state index in [4.69, 9.17) is 16.9 Å². The fourth-order valence-electron chi connectivity index (χ4n) is 1.82. The molecule has 0 aliphatic carbocycles. The van der Waals surface area contributed by atoms with Gasteiger partial charge in [0.1, 0.15) is 11.6 Å². The molecule has 1 aromatic heterocycles. The maximum Gasteiger partial charge on any atom is 0.271 e. The van der Waals surface area contributed by atoms with Gasteiger partial charge in [-0.25, -0.2) is 0 Å². The fraction of sp³-hybridized carbons (Fsp3) is 0.0625. The molecule has 0 fully saturated rings. The van der Waals surface area contributed by atoms with Crippen molar-refractivity contribution in [2.75, 3.05) is 5.32 Å². The number of pyridine rings is 1. The van der Waals surface area contributed by atoms with Gasteiger partial charge in [-0.3, -0.25) is 19.9 Å². The van der Waals surface area contributed by atoms with Crippen LogP contribution in [0.3, 0.4) is 0 Å². The van der Waals surface area contributed by atoms with E-state index in [1.54, 1.807) is 30.6 Å². The van der Waals surface area contributed by atoms with Crippen molar-refractivity contribution in [1.82, 2.24) is 10.3 Å². The number of benzene rings is 1. The normalized spacial score (nSPS) is 10.6. The van der Waals surface area contributed by atoms with Gasteiger partial charge < -0.3 is 10.6 Å². The Kier molecular flexibility index (Phi) is 6.03. The largest absolute Gasteiger partial charge is 0.359 e. The average Bonchev–Trinajstić information content (AvgIpc) is 2.62. The minimum Gasteiger partial charge on any atom is -0.359 e. The molecule has 0 unspecified atom stereocenters. The summed E-state index contributed by atoms with van der Waals surface area (Å²) in [6.45, 7) is 0.212. The minimum atomic E-state index is -0.597. The van der Waals surface area contributed by atoms with Crippen molar-refractivity contribution in [3.8, 4) is 6.07 Å². The first kappa shape index (κ1) is 17.9. The Labute approximate surface area is 147 Å². The summed E-state index contributed by atoms with van der Waals surface area (Å²) in [4.78, 5) is 26.2. The Morgan fingerprint density at radius 2 is 2.24 bits per heavy atom. The molecular formula is C16H12ClN5O3. The fourth-order valence-corrected chi connectivity index (χ4v) is 1.99. The average molecular weight is 358 g/mol. The Morgan fingerprint density at radius 3 is 2.88 bits per heavy atom. The molecule has 0 radical (unpaired) electrons. The van der Waals surface area contributed by atoms with Crippen molar-refractivity contribution in [3.63, 3.8) is 0 Å². The molecule has 2 rings (SSSR count). The van der Waals surface area contributed by atoms with Crippen molar-refractivity contribution in [3.05, 3.63) is 75.2 Å². The number of hydrogen-bond donors (Lipinski definition) is 2. The standard InChI is InChI=1S/C16H12ClN5O3/c17-14-4-3-13(22(24)25)6-15(14)20-10-12(7-18)16(23)21-9-11-2-1-5-19-8-11/h1-6,8,10,20H,9H2,(H,21,23)/b12-10-. The predicted molar refractivity (Wildman–Crippen MR) is 91.5 cm³/mol. The summed E-state index contributed by atoms with van der Waals surface area (Å²) in [5.74, 6) is -0.597. The number of carbonyl (C=O) groups excluding carboxylic acids is 1. The van der Waals surface area contributed by atoms with Crippen LogP contribution in [0.1, 0.15) is 5.56 Å². The molecule has 0 atom stereocenters. The summed E-state index contributed by atoms with van der Waals surface area (Å²) in [5.41, 5.74) is 0.623. The summed E-state index contributed by atoms with van der Waals surface area (Å²) in [6.07, 6.45) is 4.35. The molecular weight excluding hydrogens is 346 g/mol. The molecule has 0 aliphatic rings. The lowest BCUT2D eigenvalue weighted by Crippen LogP contribution is -2.24. The highest BCUT2D eigenvalue weighted by molar-refractivity contribution is 6.33. The van der Waals surface area contributed by atoms with Gasteiger partial charge >= 0.3 is 0 Å². The van der Waals surface area contributed by atoms with Gasteiger partial charge in [-0.2, -0.15) is 5.26 Å². The molecule has 2 aromatic rings. The van der Waals surface area contributed by atoms with E-state index in [-0.39, 0.29) is 28.5 Å². The number of nitrogens with zero attached hydrogens (tertiary/aromatic N) is 3. The molecule has 126 valence electrons. The van der Waals surface area contributed by atoms with Gasteiger partial charge in [0.2, 0.25) is 0 Å². The van der Waals surface area contributed by atoms with E-state index in [0.717, 1.165) is 11.8 Å². The molecule has 1 aromatic carbocycles. The Morgan fingerprint density at radius 1 is 1.44 bits per heavy atom. The number of nitro benzene ring substituents is 1. The van der Waals surface area contributed by atoms with Gasteiger partial charge in [-0.1, -0.05) is 17.7 Å². The summed E-state index contributed by atoms with van der Waals surface area (Å²) < 4.78 is 0. The Balaban J connectivity index is 2.07. The lowest BCUT2D eigenvalue weighted by atomic mass is 10.2. The summed E-state index contributed by atoms with van der Waals surface area (Å²) in [6, 6.07) is 9.09.